The van der Waals surface area contributed by atoms with Crippen LogP contribution in [0.25, 0.3) is 22.4 Å². The molecule has 0 radical (unpaired) electrons. The second-order valence-corrected chi connectivity index (χ2v) is 7.28. The fourth-order valence-corrected chi connectivity index (χ4v) is 3.64. The zero-order chi connectivity index (χ0) is 19.8. The second kappa shape index (κ2) is 6.97. The molecule has 4 rings (SSSR count). The fourth-order valence-electron chi connectivity index (χ4n) is 3.64. The number of rotatable bonds is 3. The Morgan fingerprint density at radius 3 is 2.36 bits per heavy atom. The van der Waals surface area contributed by atoms with Gasteiger partial charge in [0.2, 0.25) is 0 Å². The molecule has 140 valence electrons. The minimum Gasteiger partial charge on any atom is -0.463 e. The normalized spacial score (nSPS) is 11.0. The van der Waals surface area contributed by atoms with Gasteiger partial charge in [0.1, 0.15) is 5.69 Å². The predicted molar refractivity (Wildman–Crippen MR) is 113 cm³/mol. The van der Waals surface area contributed by atoms with Crippen molar-refractivity contribution in [3.8, 4) is 11.5 Å². The molecule has 0 aliphatic carbocycles. The van der Waals surface area contributed by atoms with E-state index in [1.54, 1.807) is 12.3 Å². The molecular weight excluding hydrogens is 348 g/mol. The molecular formula is C24H22N2O2. The van der Waals surface area contributed by atoms with E-state index in [9.17, 15) is 4.79 Å². The Bertz CT molecular complexity index is 1170. The molecule has 0 fully saturated rings. The third-order valence-corrected chi connectivity index (χ3v) is 4.90. The molecule has 2 aromatic heterocycles. The zero-order valence-electron chi connectivity index (χ0n) is 16.5. The average Bonchev–Trinajstić information content (AvgIpc) is 3.18. The quantitative estimate of drug-likeness (QED) is 0.482. The summed E-state index contributed by atoms with van der Waals surface area (Å²) in [6.45, 7) is 8.09. The van der Waals surface area contributed by atoms with Gasteiger partial charge in [-0.25, -0.2) is 4.98 Å². The Morgan fingerprint density at radius 2 is 1.68 bits per heavy atom. The first-order chi connectivity index (χ1) is 13.4. The molecule has 0 saturated heterocycles. The van der Waals surface area contributed by atoms with Crippen molar-refractivity contribution in [2.75, 3.05) is 5.32 Å². The van der Waals surface area contributed by atoms with Crippen LogP contribution in [-0.4, -0.2) is 10.9 Å². The van der Waals surface area contributed by atoms with E-state index in [4.69, 9.17) is 4.42 Å². The maximum atomic E-state index is 13.3. The number of carbonyl (C=O) groups excluding carboxylic acids is 1. The van der Waals surface area contributed by atoms with Crippen LogP contribution in [0.15, 0.2) is 59.2 Å². The summed E-state index contributed by atoms with van der Waals surface area (Å²) in [7, 11) is 0. The van der Waals surface area contributed by atoms with E-state index in [0.29, 0.717) is 17.0 Å². The van der Waals surface area contributed by atoms with Gasteiger partial charge < -0.3 is 9.73 Å². The summed E-state index contributed by atoms with van der Waals surface area (Å²) >= 11 is 0. The molecule has 1 N–H and O–H groups in total. The molecule has 0 aliphatic rings. The molecule has 0 spiro atoms. The highest BCUT2D eigenvalue weighted by Crippen LogP contribution is 2.28. The maximum Gasteiger partial charge on any atom is 0.256 e. The molecule has 0 atom stereocenters. The Balaban J connectivity index is 1.85. The number of nitrogens with zero attached hydrogens (tertiary/aromatic N) is 1. The van der Waals surface area contributed by atoms with Crippen LogP contribution in [0.2, 0.25) is 0 Å². The van der Waals surface area contributed by atoms with Crippen molar-refractivity contribution in [3.63, 3.8) is 0 Å². The van der Waals surface area contributed by atoms with Gasteiger partial charge in [0, 0.05) is 11.1 Å². The number of nitrogens with one attached hydrogen (secondary N) is 1. The smallest absolute Gasteiger partial charge is 0.256 e. The summed E-state index contributed by atoms with van der Waals surface area (Å²) in [5, 5.41) is 3.94. The summed E-state index contributed by atoms with van der Waals surface area (Å²) in [5.74, 6) is 0.486. The van der Waals surface area contributed by atoms with Crippen LogP contribution in [0.5, 0.6) is 0 Å². The molecule has 4 heteroatoms. The minimum atomic E-state index is -0.152. The Labute approximate surface area is 164 Å². The van der Waals surface area contributed by atoms with Crippen molar-refractivity contribution in [1.82, 2.24) is 4.98 Å². The SMILES string of the molecule is Cc1cc(C)c(NC(=O)c2cc(-c3ccco3)nc3ccc(C)cc23)c(C)c1. The minimum absolute atomic E-state index is 0.152. The van der Waals surface area contributed by atoms with E-state index in [1.807, 2.05) is 51.1 Å². The zero-order valence-corrected chi connectivity index (χ0v) is 16.5. The van der Waals surface area contributed by atoms with E-state index in [-0.39, 0.29) is 5.91 Å². The first-order valence-electron chi connectivity index (χ1n) is 9.27. The first kappa shape index (κ1) is 18.0. The van der Waals surface area contributed by atoms with Crippen LogP contribution >= 0.6 is 0 Å². The lowest BCUT2D eigenvalue weighted by atomic mass is 10.0. The largest absolute Gasteiger partial charge is 0.463 e. The molecule has 1 amide bonds. The highest BCUT2D eigenvalue weighted by Gasteiger charge is 2.17. The molecule has 0 aliphatic heterocycles. The van der Waals surface area contributed by atoms with Crippen LogP contribution < -0.4 is 5.32 Å². The Kier molecular flexibility index (Phi) is 4.47. The number of amides is 1. The van der Waals surface area contributed by atoms with Gasteiger partial charge in [-0.15, -0.1) is 0 Å². The molecule has 0 saturated carbocycles. The molecule has 0 unspecified atom stereocenters. The van der Waals surface area contributed by atoms with Crippen LogP contribution in [0.4, 0.5) is 5.69 Å². The number of hydrogen-bond acceptors (Lipinski definition) is 3. The lowest BCUT2D eigenvalue weighted by molar-refractivity contribution is 0.102. The monoisotopic (exact) mass is 370 g/mol. The molecule has 0 bridgehead atoms. The van der Waals surface area contributed by atoms with Crippen molar-refractivity contribution in [3.05, 3.63) is 82.6 Å². The number of aryl methyl sites for hydroxylation is 4. The maximum absolute atomic E-state index is 13.3. The van der Waals surface area contributed by atoms with Crippen molar-refractivity contribution in [2.45, 2.75) is 27.7 Å². The van der Waals surface area contributed by atoms with Gasteiger partial charge in [0.15, 0.2) is 5.76 Å². The number of furan rings is 1. The van der Waals surface area contributed by atoms with E-state index >= 15 is 0 Å². The van der Waals surface area contributed by atoms with Crippen LogP contribution in [-0.2, 0) is 0 Å². The first-order valence-corrected chi connectivity index (χ1v) is 9.27. The molecule has 2 heterocycles. The third-order valence-electron chi connectivity index (χ3n) is 4.90. The van der Waals surface area contributed by atoms with Gasteiger partial charge in [0.25, 0.3) is 5.91 Å². The number of fused-ring (bicyclic) bond motifs is 1. The van der Waals surface area contributed by atoms with Crippen molar-refractivity contribution in [1.29, 1.82) is 0 Å². The summed E-state index contributed by atoms with van der Waals surface area (Å²) in [6.07, 6.45) is 1.61. The Hall–Kier alpha value is -3.40. The van der Waals surface area contributed by atoms with E-state index in [0.717, 1.165) is 33.3 Å². The molecule has 4 aromatic rings. The predicted octanol–water partition coefficient (Wildman–Crippen LogP) is 5.98. The van der Waals surface area contributed by atoms with Crippen LogP contribution in [0, 0.1) is 27.7 Å². The number of carbonyl (C=O) groups is 1. The summed E-state index contributed by atoms with van der Waals surface area (Å²) in [5.41, 5.74) is 7.20. The summed E-state index contributed by atoms with van der Waals surface area (Å²) in [6, 6.07) is 15.5. The molecule has 2 aromatic carbocycles. The standard InChI is InChI=1S/C24H22N2O2/c1-14-7-8-20-18(12-14)19(13-21(25-20)22-6-5-9-28-22)24(27)26-23-16(3)10-15(2)11-17(23)4/h5-13H,1-4H3,(H,26,27). The lowest BCUT2D eigenvalue weighted by Crippen LogP contribution is -2.15. The summed E-state index contributed by atoms with van der Waals surface area (Å²) < 4.78 is 5.50. The number of benzene rings is 2. The topological polar surface area (TPSA) is 55.1 Å². The van der Waals surface area contributed by atoms with E-state index in [2.05, 4.69) is 29.4 Å². The number of pyridine rings is 1. The van der Waals surface area contributed by atoms with Crippen molar-refractivity contribution < 1.29 is 9.21 Å². The highest BCUT2D eigenvalue weighted by atomic mass is 16.3. The second-order valence-electron chi connectivity index (χ2n) is 7.28. The van der Waals surface area contributed by atoms with E-state index < -0.39 is 0 Å². The van der Waals surface area contributed by atoms with Gasteiger partial charge in [-0.1, -0.05) is 29.3 Å². The lowest BCUT2D eigenvalue weighted by Gasteiger charge is -2.14. The highest BCUT2D eigenvalue weighted by molar-refractivity contribution is 6.13. The third kappa shape index (κ3) is 3.29. The fraction of sp³-hybridized carbons (Fsp3) is 0.167. The van der Waals surface area contributed by atoms with E-state index in [1.165, 1.54) is 5.56 Å². The number of aromatic nitrogens is 1. The molecule has 4 nitrogen and oxygen atoms in total. The van der Waals surface area contributed by atoms with Gasteiger partial charge >= 0.3 is 0 Å². The van der Waals surface area contributed by atoms with Crippen LogP contribution in [0.1, 0.15) is 32.6 Å². The van der Waals surface area contributed by atoms with Gasteiger partial charge in [-0.05, 0) is 69.2 Å². The van der Waals surface area contributed by atoms with Gasteiger partial charge in [0.05, 0.1) is 17.3 Å². The van der Waals surface area contributed by atoms with Gasteiger partial charge in [-0.2, -0.15) is 0 Å². The molecule has 28 heavy (non-hydrogen) atoms. The van der Waals surface area contributed by atoms with Crippen molar-refractivity contribution in [2.24, 2.45) is 0 Å². The van der Waals surface area contributed by atoms with Gasteiger partial charge in [-0.3, -0.25) is 4.79 Å². The average molecular weight is 370 g/mol. The Morgan fingerprint density at radius 1 is 0.929 bits per heavy atom. The summed E-state index contributed by atoms with van der Waals surface area (Å²) in [4.78, 5) is 18.0. The van der Waals surface area contributed by atoms with Crippen LogP contribution in [0.3, 0.4) is 0 Å². The van der Waals surface area contributed by atoms with Crippen molar-refractivity contribution >= 4 is 22.5 Å². The number of hydrogen-bond donors (Lipinski definition) is 1. The number of anilines is 1.